The van der Waals surface area contributed by atoms with E-state index in [0.717, 1.165) is 36.1 Å². The number of hydrogen-bond donors (Lipinski definition) is 1. The number of thiophene rings is 1. The fourth-order valence-corrected chi connectivity index (χ4v) is 4.38. The van der Waals surface area contributed by atoms with Gasteiger partial charge in [0.1, 0.15) is 11.6 Å². The molecule has 1 aromatic carbocycles. The van der Waals surface area contributed by atoms with Gasteiger partial charge < -0.3 is 14.6 Å². The summed E-state index contributed by atoms with van der Waals surface area (Å²) in [4.78, 5) is 34.8. The summed E-state index contributed by atoms with van der Waals surface area (Å²) in [6, 6.07) is 10.8. The van der Waals surface area contributed by atoms with Crippen LogP contribution >= 0.6 is 11.3 Å². The van der Waals surface area contributed by atoms with E-state index in [9.17, 15) is 9.59 Å². The minimum atomic E-state index is -0.208. The Labute approximate surface area is 173 Å². The predicted octanol–water partition coefficient (Wildman–Crippen LogP) is 3.80. The highest BCUT2D eigenvalue weighted by Crippen LogP contribution is 2.30. The molecule has 29 heavy (non-hydrogen) atoms. The first-order valence-electron chi connectivity index (χ1n) is 9.70. The molecule has 150 valence electrons. The molecule has 1 saturated heterocycles. The number of nitrogens with zero attached hydrogens (tertiary/aromatic N) is 2. The lowest BCUT2D eigenvalue weighted by Crippen LogP contribution is -2.40. The number of carbonyl (C=O) groups excluding carboxylic acids is 1. The Kier molecular flexibility index (Phi) is 5.76. The molecule has 1 aliphatic rings. The molecule has 1 aliphatic heterocycles. The van der Waals surface area contributed by atoms with Crippen molar-refractivity contribution in [2.24, 2.45) is 0 Å². The van der Waals surface area contributed by atoms with Crippen LogP contribution in [0.5, 0.6) is 5.75 Å². The second kappa shape index (κ2) is 8.61. The predicted molar refractivity (Wildman–Crippen MR) is 113 cm³/mol. The van der Waals surface area contributed by atoms with Crippen LogP contribution in [-0.2, 0) is 11.2 Å². The number of ether oxygens (including phenoxy) is 1. The highest BCUT2D eigenvalue weighted by atomic mass is 32.1. The standard InChI is InChI=1S/C22H23N3O3S/c1-28-17-7-5-15(6-8-17)12-21(27)25-10-3-2-4-19(25)22-23-18(13-20(26)24-22)16-9-11-29-14-16/h5-9,11,13-14,19H,2-4,10,12H2,1H3,(H,23,24,26)/t19-/m0/s1. The van der Waals surface area contributed by atoms with Crippen LogP contribution in [0.1, 0.15) is 36.7 Å². The number of benzene rings is 1. The number of hydrogen-bond acceptors (Lipinski definition) is 5. The second-order valence-corrected chi connectivity index (χ2v) is 7.93. The number of likely N-dealkylation sites (tertiary alicyclic amines) is 1. The zero-order valence-electron chi connectivity index (χ0n) is 16.3. The van der Waals surface area contributed by atoms with Crippen LogP contribution < -0.4 is 10.3 Å². The maximum Gasteiger partial charge on any atom is 0.251 e. The van der Waals surface area contributed by atoms with Crippen LogP contribution in [0.3, 0.4) is 0 Å². The number of amides is 1. The first kappa shape index (κ1) is 19.4. The van der Waals surface area contributed by atoms with E-state index in [4.69, 9.17) is 9.72 Å². The average Bonchev–Trinajstić information content (AvgIpc) is 3.29. The highest BCUT2D eigenvalue weighted by molar-refractivity contribution is 7.08. The summed E-state index contributed by atoms with van der Waals surface area (Å²) in [6.07, 6.45) is 3.07. The van der Waals surface area contributed by atoms with E-state index in [1.165, 1.54) is 6.07 Å². The van der Waals surface area contributed by atoms with E-state index >= 15 is 0 Å². The summed E-state index contributed by atoms with van der Waals surface area (Å²) in [5.74, 6) is 1.38. The monoisotopic (exact) mass is 409 g/mol. The molecule has 1 amide bonds. The number of rotatable bonds is 5. The van der Waals surface area contributed by atoms with Gasteiger partial charge in [-0.15, -0.1) is 0 Å². The summed E-state index contributed by atoms with van der Waals surface area (Å²) < 4.78 is 5.18. The van der Waals surface area contributed by atoms with E-state index in [-0.39, 0.29) is 17.5 Å². The summed E-state index contributed by atoms with van der Waals surface area (Å²) in [5, 5.41) is 3.93. The van der Waals surface area contributed by atoms with Crippen LogP contribution in [0.25, 0.3) is 11.3 Å². The van der Waals surface area contributed by atoms with Crippen molar-refractivity contribution in [1.82, 2.24) is 14.9 Å². The van der Waals surface area contributed by atoms with Gasteiger partial charge in [0.05, 0.1) is 25.3 Å². The third-order valence-corrected chi connectivity index (χ3v) is 5.91. The van der Waals surface area contributed by atoms with Gasteiger partial charge in [0.25, 0.3) is 5.56 Å². The maximum atomic E-state index is 13.1. The van der Waals surface area contributed by atoms with Crippen LogP contribution in [0.15, 0.2) is 52.0 Å². The molecule has 0 aliphatic carbocycles. The lowest BCUT2D eigenvalue weighted by atomic mass is 9.99. The van der Waals surface area contributed by atoms with E-state index in [2.05, 4.69) is 4.98 Å². The molecule has 0 radical (unpaired) electrons. The molecular weight excluding hydrogens is 386 g/mol. The number of nitrogens with one attached hydrogen (secondary N) is 1. The Morgan fingerprint density at radius 3 is 2.83 bits per heavy atom. The lowest BCUT2D eigenvalue weighted by Gasteiger charge is -2.35. The van der Waals surface area contributed by atoms with Gasteiger partial charge in [-0.25, -0.2) is 4.98 Å². The number of aromatic nitrogens is 2. The molecule has 3 aromatic rings. The van der Waals surface area contributed by atoms with Crippen molar-refractivity contribution in [3.05, 3.63) is 68.9 Å². The molecule has 0 unspecified atom stereocenters. The zero-order valence-corrected chi connectivity index (χ0v) is 17.1. The van der Waals surface area contributed by atoms with Crippen molar-refractivity contribution in [2.75, 3.05) is 13.7 Å². The Bertz CT molecular complexity index is 1030. The molecule has 3 heterocycles. The van der Waals surface area contributed by atoms with Crippen molar-refractivity contribution in [3.8, 4) is 17.0 Å². The van der Waals surface area contributed by atoms with Crippen molar-refractivity contribution >= 4 is 17.2 Å². The fraction of sp³-hybridized carbons (Fsp3) is 0.318. The van der Waals surface area contributed by atoms with Gasteiger partial charge in [0.2, 0.25) is 5.91 Å². The summed E-state index contributed by atoms with van der Waals surface area (Å²) >= 11 is 1.57. The van der Waals surface area contributed by atoms with E-state index in [0.29, 0.717) is 24.5 Å². The van der Waals surface area contributed by atoms with Gasteiger partial charge in [0.15, 0.2) is 0 Å². The molecule has 2 aromatic heterocycles. The molecule has 6 nitrogen and oxygen atoms in total. The third-order valence-electron chi connectivity index (χ3n) is 5.23. The van der Waals surface area contributed by atoms with Crippen LogP contribution in [-0.4, -0.2) is 34.4 Å². The Morgan fingerprint density at radius 1 is 1.28 bits per heavy atom. The summed E-state index contributed by atoms with van der Waals surface area (Å²) in [5.41, 5.74) is 2.32. The van der Waals surface area contributed by atoms with Gasteiger partial charge in [-0.1, -0.05) is 12.1 Å². The molecule has 0 spiro atoms. The molecule has 1 N–H and O–H groups in total. The van der Waals surface area contributed by atoms with Gasteiger partial charge in [0, 0.05) is 23.6 Å². The van der Waals surface area contributed by atoms with E-state index in [1.807, 2.05) is 46.0 Å². The van der Waals surface area contributed by atoms with Crippen LogP contribution in [0.4, 0.5) is 0 Å². The maximum absolute atomic E-state index is 13.1. The molecule has 0 saturated carbocycles. The summed E-state index contributed by atoms with van der Waals surface area (Å²) in [6.45, 7) is 0.673. The number of piperidine rings is 1. The van der Waals surface area contributed by atoms with Gasteiger partial charge >= 0.3 is 0 Å². The quantitative estimate of drug-likeness (QED) is 0.695. The Hall–Kier alpha value is -2.93. The van der Waals surface area contributed by atoms with Gasteiger partial charge in [-0.2, -0.15) is 11.3 Å². The molecule has 7 heteroatoms. The minimum Gasteiger partial charge on any atom is -0.497 e. The number of aromatic amines is 1. The molecule has 0 bridgehead atoms. The third kappa shape index (κ3) is 4.40. The normalized spacial score (nSPS) is 16.6. The molecule has 1 fully saturated rings. The van der Waals surface area contributed by atoms with Crippen LogP contribution in [0, 0.1) is 0 Å². The van der Waals surface area contributed by atoms with Crippen molar-refractivity contribution in [2.45, 2.75) is 31.7 Å². The largest absolute Gasteiger partial charge is 0.497 e. The topological polar surface area (TPSA) is 75.3 Å². The fourth-order valence-electron chi connectivity index (χ4n) is 3.73. The van der Waals surface area contributed by atoms with Gasteiger partial charge in [-0.3, -0.25) is 9.59 Å². The lowest BCUT2D eigenvalue weighted by molar-refractivity contribution is -0.134. The van der Waals surface area contributed by atoms with E-state index < -0.39 is 0 Å². The average molecular weight is 410 g/mol. The Morgan fingerprint density at radius 2 is 2.10 bits per heavy atom. The summed E-state index contributed by atoms with van der Waals surface area (Å²) in [7, 11) is 1.62. The minimum absolute atomic E-state index is 0.0449. The molecular formula is C22H23N3O3S. The van der Waals surface area contributed by atoms with E-state index in [1.54, 1.807) is 18.4 Å². The molecule has 4 rings (SSSR count). The first-order valence-corrected chi connectivity index (χ1v) is 10.6. The smallest absolute Gasteiger partial charge is 0.251 e. The van der Waals surface area contributed by atoms with Crippen molar-refractivity contribution in [1.29, 1.82) is 0 Å². The van der Waals surface area contributed by atoms with Gasteiger partial charge in [-0.05, 0) is 48.4 Å². The van der Waals surface area contributed by atoms with Crippen LogP contribution in [0.2, 0.25) is 0 Å². The zero-order chi connectivity index (χ0) is 20.2. The number of carbonyl (C=O) groups is 1. The van der Waals surface area contributed by atoms with Crippen molar-refractivity contribution < 1.29 is 9.53 Å². The molecule has 1 atom stereocenters. The highest BCUT2D eigenvalue weighted by Gasteiger charge is 2.30. The SMILES string of the molecule is COc1ccc(CC(=O)N2CCCC[C@H]2c2nc(-c3ccsc3)cc(=O)[nH]2)cc1. The second-order valence-electron chi connectivity index (χ2n) is 7.15. The Balaban J connectivity index is 1.58. The first-order chi connectivity index (χ1) is 14.1. The number of H-pyrrole nitrogens is 1. The van der Waals surface area contributed by atoms with Crippen molar-refractivity contribution in [3.63, 3.8) is 0 Å². The number of methoxy groups -OCH3 is 1.